The summed E-state index contributed by atoms with van der Waals surface area (Å²) >= 11 is 0. The SMILES string of the molecule is COCCNc1cc2c(cc1C)nc1c(=O)[nH]c(=O)nc-1n2CC(OC)C(O)C(O)CO. The monoisotopic (exact) mass is 449 g/mol. The third kappa shape index (κ3) is 4.79. The molecule has 32 heavy (non-hydrogen) atoms. The van der Waals surface area contributed by atoms with Gasteiger partial charge < -0.3 is 34.7 Å². The summed E-state index contributed by atoms with van der Waals surface area (Å²) in [5.41, 5.74) is 1.05. The molecular weight excluding hydrogens is 422 g/mol. The van der Waals surface area contributed by atoms with E-state index in [1.807, 2.05) is 6.92 Å². The first-order valence-electron chi connectivity index (χ1n) is 9.98. The van der Waals surface area contributed by atoms with E-state index < -0.39 is 36.2 Å². The molecule has 2 aliphatic heterocycles. The van der Waals surface area contributed by atoms with Crippen molar-refractivity contribution in [1.82, 2.24) is 19.5 Å². The summed E-state index contributed by atoms with van der Waals surface area (Å²) in [5, 5.41) is 32.7. The molecule has 0 saturated carbocycles. The minimum Gasteiger partial charge on any atom is -0.394 e. The van der Waals surface area contributed by atoms with Crippen LogP contribution in [0.4, 0.5) is 5.69 Å². The molecule has 2 heterocycles. The highest BCUT2D eigenvalue weighted by atomic mass is 16.5. The predicted octanol–water partition coefficient (Wildman–Crippen LogP) is -1.32. The third-order valence-corrected chi connectivity index (χ3v) is 5.20. The molecule has 0 aromatic heterocycles. The van der Waals surface area contributed by atoms with Crippen molar-refractivity contribution in [2.24, 2.45) is 0 Å². The standard InChI is InChI=1S/C20H27N5O7/c1-10-6-12-13(7-11(10)21-4-5-31-2)25(8-15(32-3)17(28)14(27)9-26)18-16(22-12)19(29)24-20(30)23-18/h6-7,14-15,17,21,26-28H,4-5,8-9H2,1-3H3,(H,24,29,30). The number of nitrogens with one attached hydrogen (secondary N) is 2. The number of aromatic amines is 1. The maximum Gasteiger partial charge on any atom is 0.349 e. The van der Waals surface area contributed by atoms with Crippen LogP contribution in [0.25, 0.3) is 22.6 Å². The first-order chi connectivity index (χ1) is 15.3. The normalized spacial score (nSPS) is 14.6. The van der Waals surface area contributed by atoms with Gasteiger partial charge in [0.15, 0.2) is 11.5 Å². The van der Waals surface area contributed by atoms with Gasteiger partial charge in [0, 0.05) is 26.5 Å². The Morgan fingerprint density at radius 1 is 1.22 bits per heavy atom. The van der Waals surface area contributed by atoms with Crippen LogP contribution in [0.15, 0.2) is 21.7 Å². The summed E-state index contributed by atoms with van der Waals surface area (Å²) in [4.78, 5) is 34.8. The highest BCUT2D eigenvalue weighted by Crippen LogP contribution is 2.27. The number of aliphatic hydroxyl groups is 3. The van der Waals surface area contributed by atoms with Crippen LogP contribution in [-0.2, 0) is 16.0 Å². The predicted molar refractivity (Wildman–Crippen MR) is 116 cm³/mol. The zero-order valence-corrected chi connectivity index (χ0v) is 18.0. The van der Waals surface area contributed by atoms with E-state index in [0.29, 0.717) is 24.2 Å². The van der Waals surface area contributed by atoms with Gasteiger partial charge in [0.25, 0.3) is 5.56 Å². The molecule has 0 spiro atoms. The molecule has 3 atom stereocenters. The number of nitrogens with zero attached hydrogens (tertiary/aromatic N) is 3. The maximum atomic E-state index is 12.4. The number of anilines is 1. The molecule has 174 valence electrons. The van der Waals surface area contributed by atoms with Crippen LogP contribution < -0.4 is 16.6 Å². The Hall–Kier alpha value is -2.90. The summed E-state index contributed by atoms with van der Waals surface area (Å²) in [7, 11) is 2.94. The van der Waals surface area contributed by atoms with Crippen molar-refractivity contribution in [3.05, 3.63) is 38.5 Å². The van der Waals surface area contributed by atoms with E-state index in [1.165, 1.54) is 11.7 Å². The Labute approximate surface area is 182 Å². The molecule has 0 aliphatic carbocycles. The molecule has 0 fully saturated rings. The number of methoxy groups -OCH3 is 2. The molecule has 0 bridgehead atoms. The molecule has 12 nitrogen and oxygen atoms in total. The van der Waals surface area contributed by atoms with Crippen molar-refractivity contribution in [2.75, 3.05) is 39.3 Å². The summed E-state index contributed by atoms with van der Waals surface area (Å²) in [6.07, 6.45) is -3.87. The molecular formula is C20H27N5O7. The number of ether oxygens (including phenoxy) is 2. The molecule has 3 unspecified atom stereocenters. The molecule has 5 N–H and O–H groups in total. The molecule has 1 aromatic rings. The number of aromatic nitrogens is 4. The second-order valence-electron chi connectivity index (χ2n) is 7.36. The van der Waals surface area contributed by atoms with Gasteiger partial charge in [0.05, 0.1) is 30.8 Å². The topological polar surface area (TPSA) is 172 Å². The first kappa shape index (κ1) is 23.8. The van der Waals surface area contributed by atoms with Crippen molar-refractivity contribution in [3.8, 4) is 11.5 Å². The number of hydrogen-bond acceptors (Lipinski definition) is 10. The molecule has 3 rings (SSSR count). The lowest BCUT2D eigenvalue weighted by Gasteiger charge is -2.27. The summed E-state index contributed by atoms with van der Waals surface area (Å²) in [6.45, 7) is 2.17. The highest BCUT2D eigenvalue weighted by molar-refractivity contribution is 5.84. The summed E-state index contributed by atoms with van der Waals surface area (Å²) < 4.78 is 12.0. The highest BCUT2D eigenvalue weighted by Gasteiger charge is 2.29. The summed E-state index contributed by atoms with van der Waals surface area (Å²) in [6, 6.07) is 3.58. The van der Waals surface area contributed by atoms with Gasteiger partial charge in [0.2, 0.25) is 0 Å². The third-order valence-electron chi connectivity index (χ3n) is 5.20. The fourth-order valence-electron chi connectivity index (χ4n) is 3.47. The molecule has 0 saturated heterocycles. The number of benzene rings is 1. The van der Waals surface area contributed by atoms with Gasteiger partial charge in [0.1, 0.15) is 18.3 Å². The van der Waals surface area contributed by atoms with Crippen molar-refractivity contribution in [3.63, 3.8) is 0 Å². The van der Waals surface area contributed by atoms with Gasteiger partial charge in [-0.2, -0.15) is 4.98 Å². The number of fused-ring (bicyclic) bond motifs is 2. The minimum absolute atomic E-state index is 0.00526. The van der Waals surface area contributed by atoms with Crippen molar-refractivity contribution >= 4 is 16.7 Å². The zero-order chi connectivity index (χ0) is 23.4. The Bertz CT molecular complexity index is 1160. The van der Waals surface area contributed by atoms with Crippen LogP contribution in [0.3, 0.4) is 0 Å². The molecule has 1 aromatic carbocycles. The van der Waals surface area contributed by atoms with Gasteiger partial charge in [-0.1, -0.05) is 0 Å². The Morgan fingerprint density at radius 3 is 2.62 bits per heavy atom. The van der Waals surface area contributed by atoms with E-state index in [-0.39, 0.29) is 18.1 Å². The van der Waals surface area contributed by atoms with Crippen molar-refractivity contribution in [1.29, 1.82) is 0 Å². The largest absolute Gasteiger partial charge is 0.394 e. The quantitative estimate of drug-likeness (QED) is 0.185. The lowest BCUT2D eigenvalue weighted by molar-refractivity contribution is -0.0939. The number of rotatable bonds is 10. The zero-order valence-electron chi connectivity index (χ0n) is 18.0. The molecule has 0 radical (unpaired) electrons. The fourth-order valence-corrected chi connectivity index (χ4v) is 3.47. The minimum atomic E-state index is -1.44. The second kappa shape index (κ2) is 10.1. The lowest BCUT2D eigenvalue weighted by atomic mass is 10.1. The van der Waals surface area contributed by atoms with Crippen LogP contribution in [-0.4, -0.2) is 87.1 Å². The van der Waals surface area contributed by atoms with Gasteiger partial charge >= 0.3 is 5.69 Å². The van der Waals surface area contributed by atoms with Gasteiger partial charge in [-0.05, 0) is 24.6 Å². The first-order valence-corrected chi connectivity index (χ1v) is 9.98. The average molecular weight is 449 g/mol. The van der Waals surface area contributed by atoms with E-state index in [2.05, 4.69) is 20.3 Å². The molecule has 12 heteroatoms. The van der Waals surface area contributed by atoms with Crippen LogP contribution in [0.2, 0.25) is 0 Å². The van der Waals surface area contributed by atoms with Crippen LogP contribution in [0.1, 0.15) is 5.56 Å². The van der Waals surface area contributed by atoms with Crippen LogP contribution in [0.5, 0.6) is 0 Å². The maximum absolute atomic E-state index is 12.4. The number of H-pyrrole nitrogens is 1. The Kier molecular flexibility index (Phi) is 7.53. The summed E-state index contributed by atoms with van der Waals surface area (Å²) in [5.74, 6) is 0.00526. The van der Waals surface area contributed by atoms with Gasteiger partial charge in [-0.3, -0.25) is 9.78 Å². The Morgan fingerprint density at radius 2 is 1.97 bits per heavy atom. The smallest absolute Gasteiger partial charge is 0.349 e. The van der Waals surface area contributed by atoms with E-state index in [0.717, 1.165) is 11.3 Å². The fraction of sp³-hybridized carbons (Fsp3) is 0.500. The van der Waals surface area contributed by atoms with Crippen molar-refractivity contribution < 1.29 is 24.8 Å². The molecule has 2 aliphatic rings. The van der Waals surface area contributed by atoms with Crippen LogP contribution in [0, 0.1) is 6.92 Å². The van der Waals surface area contributed by atoms with Crippen LogP contribution >= 0.6 is 0 Å². The van der Waals surface area contributed by atoms with Crippen molar-refractivity contribution in [2.45, 2.75) is 31.8 Å². The second-order valence-corrected chi connectivity index (χ2v) is 7.36. The number of hydrogen-bond donors (Lipinski definition) is 5. The van der Waals surface area contributed by atoms with E-state index in [1.54, 1.807) is 19.2 Å². The average Bonchev–Trinajstić information content (AvgIpc) is 2.77. The van der Waals surface area contributed by atoms with E-state index >= 15 is 0 Å². The number of aliphatic hydroxyl groups excluding tert-OH is 3. The Balaban J connectivity index is 2.23. The van der Waals surface area contributed by atoms with Gasteiger partial charge in [-0.15, -0.1) is 0 Å². The number of aryl methyl sites for hydroxylation is 1. The molecule has 0 amide bonds. The van der Waals surface area contributed by atoms with E-state index in [9.17, 15) is 24.9 Å². The van der Waals surface area contributed by atoms with Gasteiger partial charge in [-0.25, -0.2) is 9.78 Å². The lowest BCUT2D eigenvalue weighted by Crippen LogP contribution is -2.43. The van der Waals surface area contributed by atoms with E-state index in [4.69, 9.17) is 9.47 Å².